The molecular weight excluding hydrogens is 112 g/mol. The summed E-state index contributed by atoms with van der Waals surface area (Å²) >= 11 is 0. The lowest BCUT2D eigenvalue weighted by atomic mass is 9.98. The fraction of sp³-hybridized carbons (Fsp3) is 0.714. The molecule has 54 valence electrons. The number of rotatable bonds is 2. The van der Waals surface area contributed by atoms with E-state index >= 15 is 0 Å². The van der Waals surface area contributed by atoms with Crippen molar-refractivity contribution in [3.63, 3.8) is 0 Å². The maximum atomic E-state index is 5.76. The Hall–Kier alpha value is -0.500. The molecule has 0 fully saturated rings. The van der Waals surface area contributed by atoms with Gasteiger partial charge in [0.25, 0.3) is 0 Å². The van der Waals surface area contributed by atoms with Crippen LogP contribution in [-0.2, 0) is 0 Å². The minimum absolute atomic E-state index is 0.191. The molecule has 0 bridgehead atoms. The van der Waals surface area contributed by atoms with Crippen molar-refractivity contribution in [2.45, 2.75) is 26.3 Å². The normalized spacial score (nSPS) is 13.7. The maximum Gasteiger partial charge on any atom is 0.0325 e. The lowest BCUT2D eigenvalue weighted by Gasteiger charge is -2.19. The van der Waals surface area contributed by atoms with Crippen molar-refractivity contribution in [3.8, 4) is 0 Å². The largest absolute Gasteiger partial charge is 0.394 e. The fourth-order valence-electron chi connectivity index (χ4n) is 0.403. The van der Waals surface area contributed by atoms with Crippen molar-refractivity contribution >= 4 is 0 Å². The predicted octanol–water partition coefficient (Wildman–Crippen LogP) is 0.847. The van der Waals surface area contributed by atoms with Crippen molar-refractivity contribution in [1.29, 1.82) is 0 Å². The van der Waals surface area contributed by atoms with Gasteiger partial charge in [-0.15, -0.1) is 0 Å². The van der Waals surface area contributed by atoms with Crippen LogP contribution in [0.25, 0.3) is 0 Å². The van der Waals surface area contributed by atoms with Gasteiger partial charge in [0.1, 0.15) is 0 Å². The fourth-order valence-corrected chi connectivity index (χ4v) is 0.403. The average Bonchev–Trinajstić information content (AvgIpc) is 1.64. The van der Waals surface area contributed by atoms with Crippen LogP contribution in [0.15, 0.2) is 11.8 Å². The molecule has 0 saturated heterocycles. The Morgan fingerprint density at radius 3 is 2.11 bits per heavy atom. The third-order valence-corrected chi connectivity index (χ3v) is 1.38. The highest BCUT2D eigenvalue weighted by Gasteiger charge is 2.11. The summed E-state index contributed by atoms with van der Waals surface area (Å²) < 4.78 is 0. The van der Waals surface area contributed by atoms with Crippen molar-refractivity contribution < 1.29 is 0 Å². The summed E-state index contributed by atoms with van der Waals surface area (Å²) in [6, 6.07) is 0. The highest BCUT2D eigenvalue weighted by atomic mass is 14.8. The SMILES string of the molecule is CN/C=C(\C)C(C)(C)N. The molecule has 0 aliphatic heterocycles. The standard InChI is InChI=1S/C7H16N2/c1-6(5-9-4)7(2,3)8/h5,9H,8H2,1-4H3/b6-5+. The second-order valence-electron chi connectivity index (χ2n) is 2.84. The van der Waals surface area contributed by atoms with Crippen molar-refractivity contribution in [2.24, 2.45) is 5.73 Å². The van der Waals surface area contributed by atoms with Gasteiger partial charge in [0, 0.05) is 12.6 Å². The number of nitrogens with one attached hydrogen (secondary N) is 1. The molecular formula is C7H16N2. The molecule has 0 atom stereocenters. The first-order valence-electron chi connectivity index (χ1n) is 3.12. The second-order valence-corrected chi connectivity index (χ2v) is 2.84. The molecule has 0 aliphatic rings. The third-order valence-electron chi connectivity index (χ3n) is 1.38. The van der Waals surface area contributed by atoms with Gasteiger partial charge in [0.15, 0.2) is 0 Å². The first kappa shape index (κ1) is 8.50. The molecule has 0 spiro atoms. The van der Waals surface area contributed by atoms with Crippen molar-refractivity contribution in [3.05, 3.63) is 11.8 Å². The summed E-state index contributed by atoms with van der Waals surface area (Å²) in [5.41, 5.74) is 6.72. The summed E-state index contributed by atoms with van der Waals surface area (Å²) in [4.78, 5) is 0. The van der Waals surface area contributed by atoms with E-state index in [1.807, 2.05) is 34.0 Å². The molecule has 0 rings (SSSR count). The zero-order valence-corrected chi connectivity index (χ0v) is 6.65. The molecule has 2 heteroatoms. The quantitative estimate of drug-likeness (QED) is 0.578. The Morgan fingerprint density at radius 2 is 2.00 bits per heavy atom. The van der Waals surface area contributed by atoms with E-state index in [1.54, 1.807) is 0 Å². The van der Waals surface area contributed by atoms with Crippen LogP contribution >= 0.6 is 0 Å². The molecule has 9 heavy (non-hydrogen) atoms. The predicted molar refractivity (Wildman–Crippen MR) is 41.1 cm³/mol. The number of hydrogen-bond donors (Lipinski definition) is 2. The Labute approximate surface area is 57.1 Å². The van der Waals surface area contributed by atoms with Crippen LogP contribution in [0, 0.1) is 0 Å². The molecule has 0 aliphatic carbocycles. The lowest BCUT2D eigenvalue weighted by molar-refractivity contribution is 0.606. The molecule has 0 radical (unpaired) electrons. The smallest absolute Gasteiger partial charge is 0.0325 e. The third kappa shape index (κ3) is 3.14. The Bertz CT molecular complexity index is 109. The minimum Gasteiger partial charge on any atom is -0.394 e. The first-order valence-corrected chi connectivity index (χ1v) is 3.12. The molecule has 0 amide bonds. The molecule has 0 aromatic carbocycles. The Morgan fingerprint density at radius 1 is 1.56 bits per heavy atom. The van der Waals surface area contributed by atoms with Crippen LogP contribution in [-0.4, -0.2) is 12.6 Å². The Kier molecular flexibility index (Phi) is 2.71. The topological polar surface area (TPSA) is 38.0 Å². The monoisotopic (exact) mass is 128 g/mol. The second kappa shape index (κ2) is 2.87. The molecule has 3 N–H and O–H groups in total. The number of hydrogen-bond acceptors (Lipinski definition) is 2. The van der Waals surface area contributed by atoms with Gasteiger partial charge in [0.2, 0.25) is 0 Å². The van der Waals surface area contributed by atoms with E-state index < -0.39 is 0 Å². The van der Waals surface area contributed by atoms with Gasteiger partial charge in [-0.2, -0.15) is 0 Å². The summed E-state index contributed by atoms with van der Waals surface area (Å²) in [5.74, 6) is 0. The van der Waals surface area contributed by atoms with Crippen LogP contribution in [0.4, 0.5) is 0 Å². The van der Waals surface area contributed by atoms with Crippen molar-refractivity contribution in [2.75, 3.05) is 7.05 Å². The lowest BCUT2D eigenvalue weighted by Crippen LogP contribution is -2.33. The highest BCUT2D eigenvalue weighted by molar-refractivity contribution is 5.11. The zero-order chi connectivity index (χ0) is 7.49. The van der Waals surface area contributed by atoms with Crippen LogP contribution in [0.3, 0.4) is 0 Å². The van der Waals surface area contributed by atoms with Gasteiger partial charge in [-0.1, -0.05) is 0 Å². The average molecular weight is 128 g/mol. The van der Waals surface area contributed by atoms with Gasteiger partial charge in [-0.05, 0) is 32.5 Å². The maximum absolute atomic E-state index is 5.76. The van der Waals surface area contributed by atoms with Gasteiger partial charge < -0.3 is 11.1 Å². The van der Waals surface area contributed by atoms with Crippen LogP contribution < -0.4 is 11.1 Å². The van der Waals surface area contributed by atoms with E-state index in [0.717, 1.165) is 5.57 Å². The van der Waals surface area contributed by atoms with Gasteiger partial charge in [-0.3, -0.25) is 0 Å². The van der Waals surface area contributed by atoms with E-state index in [9.17, 15) is 0 Å². The summed E-state index contributed by atoms with van der Waals surface area (Å²) in [6.45, 7) is 5.98. The molecule has 0 unspecified atom stereocenters. The summed E-state index contributed by atoms with van der Waals surface area (Å²) in [5, 5.41) is 2.93. The van der Waals surface area contributed by atoms with Crippen LogP contribution in [0.2, 0.25) is 0 Å². The van der Waals surface area contributed by atoms with E-state index in [-0.39, 0.29) is 5.54 Å². The van der Waals surface area contributed by atoms with Crippen molar-refractivity contribution in [1.82, 2.24) is 5.32 Å². The minimum atomic E-state index is -0.191. The highest BCUT2D eigenvalue weighted by Crippen LogP contribution is 2.08. The molecule has 0 aromatic rings. The van der Waals surface area contributed by atoms with Gasteiger partial charge >= 0.3 is 0 Å². The van der Waals surface area contributed by atoms with E-state index in [1.165, 1.54) is 0 Å². The summed E-state index contributed by atoms with van der Waals surface area (Å²) in [7, 11) is 1.87. The van der Waals surface area contributed by atoms with Gasteiger partial charge in [0.05, 0.1) is 0 Å². The molecule has 2 nitrogen and oxygen atoms in total. The van der Waals surface area contributed by atoms with Gasteiger partial charge in [-0.25, -0.2) is 0 Å². The van der Waals surface area contributed by atoms with E-state index in [4.69, 9.17) is 5.73 Å². The Balaban J connectivity index is 4.03. The zero-order valence-electron chi connectivity index (χ0n) is 6.65. The van der Waals surface area contributed by atoms with Crippen LogP contribution in [0.5, 0.6) is 0 Å². The summed E-state index contributed by atoms with van der Waals surface area (Å²) in [6.07, 6.45) is 1.92. The molecule has 0 aromatic heterocycles. The molecule has 0 heterocycles. The van der Waals surface area contributed by atoms with E-state index in [2.05, 4.69) is 5.32 Å². The van der Waals surface area contributed by atoms with Crippen LogP contribution in [0.1, 0.15) is 20.8 Å². The molecule has 0 saturated carbocycles. The number of nitrogens with two attached hydrogens (primary N) is 1. The first-order chi connectivity index (χ1) is 3.98. The van der Waals surface area contributed by atoms with E-state index in [0.29, 0.717) is 0 Å².